The molecule has 0 bridgehead atoms. The zero-order chi connectivity index (χ0) is 17.8. The summed E-state index contributed by atoms with van der Waals surface area (Å²) in [7, 11) is 3.93. The average Bonchev–Trinajstić information content (AvgIpc) is 3.05. The third kappa shape index (κ3) is 3.78. The van der Waals surface area contributed by atoms with E-state index in [1.165, 1.54) is 0 Å². The number of aromatic amines is 1. The van der Waals surface area contributed by atoms with Crippen molar-refractivity contribution >= 4 is 22.5 Å². The van der Waals surface area contributed by atoms with Crippen LogP contribution in [0.5, 0.6) is 0 Å². The van der Waals surface area contributed by atoms with Crippen LogP contribution in [0.2, 0.25) is 0 Å². The fourth-order valence-electron chi connectivity index (χ4n) is 2.80. The third-order valence-corrected chi connectivity index (χ3v) is 4.10. The molecule has 2 N–H and O–H groups in total. The predicted octanol–water partition coefficient (Wildman–Crippen LogP) is 3.59. The molecule has 0 aliphatic rings. The van der Waals surface area contributed by atoms with Crippen molar-refractivity contribution in [1.29, 1.82) is 0 Å². The first-order chi connectivity index (χ1) is 12.1. The normalized spacial score (nSPS) is 11.5. The highest BCUT2D eigenvalue weighted by atomic mass is 16.1. The number of likely N-dealkylation sites (N-methyl/N-ethyl adjacent to an activating group) is 1. The number of hydrogen-bond donors (Lipinski definition) is 2. The van der Waals surface area contributed by atoms with E-state index >= 15 is 0 Å². The molecule has 3 aromatic rings. The summed E-state index contributed by atoms with van der Waals surface area (Å²) < 4.78 is 0. The number of rotatable bonds is 5. The van der Waals surface area contributed by atoms with Crippen LogP contribution in [-0.4, -0.2) is 41.4 Å². The van der Waals surface area contributed by atoms with Gasteiger partial charge in [0.1, 0.15) is 0 Å². The van der Waals surface area contributed by atoms with Gasteiger partial charge < -0.3 is 15.2 Å². The Hall–Kier alpha value is -2.92. The summed E-state index contributed by atoms with van der Waals surface area (Å²) in [6, 6.07) is 7.96. The number of H-pyrrole nitrogens is 1. The van der Waals surface area contributed by atoms with Crippen LogP contribution in [0.4, 0.5) is 5.69 Å². The van der Waals surface area contributed by atoms with Gasteiger partial charge >= 0.3 is 0 Å². The fourth-order valence-corrected chi connectivity index (χ4v) is 2.80. The van der Waals surface area contributed by atoms with Gasteiger partial charge in [0.15, 0.2) is 0 Å². The molecule has 0 atom stereocenters. The van der Waals surface area contributed by atoms with Gasteiger partial charge in [-0.15, -0.1) is 0 Å². The second kappa shape index (κ2) is 7.32. The summed E-state index contributed by atoms with van der Waals surface area (Å²) in [6.07, 6.45) is 9.00. The molecule has 3 rings (SSSR count). The van der Waals surface area contributed by atoms with Crippen LogP contribution in [0.3, 0.4) is 0 Å². The molecule has 0 fully saturated rings. The largest absolute Gasteiger partial charge is 0.360 e. The van der Waals surface area contributed by atoms with Crippen LogP contribution in [0.1, 0.15) is 5.56 Å². The monoisotopic (exact) mass is 334 g/mol. The van der Waals surface area contributed by atoms with Gasteiger partial charge in [0, 0.05) is 41.7 Å². The first-order valence-electron chi connectivity index (χ1n) is 8.19. The molecule has 128 valence electrons. The zero-order valence-electron chi connectivity index (χ0n) is 14.7. The van der Waals surface area contributed by atoms with E-state index in [0.717, 1.165) is 39.8 Å². The van der Waals surface area contributed by atoms with Crippen molar-refractivity contribution in [3.05, 3.63) is 60.6 Å². The van der Waals surface area contributed by atoms with Gasteiger partial charge in [-0.1, -0.05) is 18.2 Å². The van der Waals surface area contributed by atoms with Gasteiger partial charge in [0.25, 0.3) is 0 Å². The van der Waals surface area contributed by atoms with Crippen molar-refractivity contribution in [2.75, 3.05) is 26.0 Å². The number of carbonyl (C=O) groups is 1. The Bertz CT molecular complexity index is 924. The molecular weight excluding hydrogens is 312 g/mol. The third-order valence-electron chi connectivity index (χ3n) is 4.10. The lowest BCUT2D eigenvalue weighted by Gasteiger charge is -2.12. The Morgan fingerprint density at radius 2 is 2.08 bits per heavy atom. The Balaban J connectivity index is 1.89. The van der Waals surface area contributed by atoms with Crippen molar-refractivity contribution in [3.63, 3.8) is 0 Å². The maximum absolute atomic E-state index is 12.1. The topological polar surface area (TPSA) is 61.0 Å². The quantitative estimate of drug-likeness (QED) is 0.701. The molecule has 5 nitrogen and oxygen atoms in total. The minimum Gasteiger partial charge on any atom is -0.360 e. The molecule has 0 spiro atoms. The Kier molecular flexibility index (Phi) is 4.95. The highest BCUT2D eigenvalue weighted by Crippen LogP contribution is 2.32. The van der Waals surface area contributed by atoms with Gasteiger partial charge in [0.2, 0.25) is 5.91 Å². The number of hydrogen-bond acceptors (Lipinski definition) is 3. The van der Waals surface area contributed by atoms with E-state index in [1.807, 2.05) is 68.8 Å². The van der Waals surface area contributed by atoms with Crippen molar-refractivity contribution in [2.45, 2.75) is 6.92 Å². The number of nitrogens with one attached hydrogen (secondary N) is 2. The number of fused-ring (bicyclic) bond motifs is 1. The van der Waals surface area contributed by atoms with Crippen molar-refractivity contribution in [1.82, 2.24) is 14.9 Å². The highest BCUT2D eigenvalue weighted by Gasteiger charge is 2.11. The van der Waals surface area contributed by atoms with E-state index in [-0.39, 0.29) is 5.91 Å². The second-order valence-electron chi connectivity index (χ2n) is 6.26. The van der Waals surface area contributed by atoms with Gasteiger partial charge in [-0.3, -0.25) is 9.78 Å². The van der Waals surface area contributed by atoms with Crippen LogP contribution in [0.15, 0.2) is 55.0 Å². The maximum Gasteiger partial charge on any atom is 0.248 e. The van der Waals surface area contributed by atoms with Gasteiger partial charge in [-0.2, -0.15) is 0 Å². The van der Waals surface area contributed by atoms with E-state index in [2.05, 4.69) is 21.4 Å². The molecule has 25 heavy (non-hydrogen) atoms. The summed E-state index contributed by atoms with van der Waals surface area (Å²) in [5.74, 6) is -0.125. The molecule has 2 aromatic heterocycles. The molecule has 1 amide bonds. The van der Waals surface area contributed by atoms with Crippen LogP contribution in [-0.2, 0) is 4.79 Å². The summed E-state index contributed by atoms with van der Waals surface area (Å²) in [5, 5.41) is 4.08. The van der Waals surface area contributed by atoms with E-state index in [0.29, 0.717) is 0 Å². The first-order valence-corrected chi connectivity index (χ1v) is 8.19. The smallest absolute Gasteiger partial charge is 0.248 e. The molecule has 1 aromatic carbocycles. The predicted molar refractivity (Wildman–Crippen MR) is 103 cm³/mol. The lowest BCUT2D eigenvalue weighted by atomic mass is 9.98. The van der Waals surface area contributed by atoms with Gasteiger partial charge in [-0.05, 0) is 44.3 Å². The molecule has 0 aliphatic heterocycles. The number of benzene rings is 1. The molecule has 0 unspecified atom stereocenters. The maximum atomic E-state index is 12.1. The number of amides is 1. The molecule has 0 radical (unpaired) electrons. The SMILES string of the molecule is Cc1c(NC(=O)/C=C/CN(C)C)cccc1-c1cncc2[nH]ccc12. The summed E-state index contributed by atoms with van der Waals surface area (Å²) >= 11 is 0. The molecule has 0 saturated carbocycles. The Morgan fingerprint density at radius 1 is 1.24 bits per heavy atom. The van der Waals surface area contributed by atoms with Crippen molar-refractivity contribution in [3.8, 4) is 11.1 Å². The van der Waals surface area contributed by atoms with E-state index in [9.17, 15) is 4.79 Å². The van der Waals surface area contributed by atoms with Gasteiger partial charge in [0.05, 0.1) is 11.7 Å². The minimum atomic E-state index is -0.125. The molecule has 0 aliphatic carbocycles. The summed E-state index contributed by atoms with van der Waals surface area (Å²) in [4.78, 5) is 21.6. The van der Waals surface area contributed by atoms with Gasteiger partial charge in [-0.25, -0.2) is 0 Å². The molecule has 5 heteroatoms. The lowest BCUT2D eigenvalue weighted by Crippen LogP contribution is -2.13. The van der Waals surface area contributed by atoms with Crippen LogP contribution < -0.4 is 5.32 Å². The van der Waals surface area contributed by atoms with Crippen molar-refractivity contribution in [2.24, 2.45) is 0 Å². The lowest BCUT2D eigenvalue weighted by molar-refractivity contribution is -0.111. The standard InChI is InChI=1S/C20H22N4O/c1-14-15(17-12-21-13-19-16(17)9-10-22-19)6-4-7-18(14)23-20(25)8-5-11-24(2)3/h4-10,12-13,22H,11H2,1-3H3,(H,23,25)/b8-5+. The van der Waals surface area contributed by atoms with E-state index < -0.39 is 0 Å². The number of anilines is 1. The van der Waals surface area contributed by atoms with Crippen LogP contribution in [0.25, 0.3) is 22.0 Å². The zero-order valence-corrected chi connectivity index (χ0v) is 14.7. The van der Waals surface area contributed by atoms with E-state index in [4.69, 9.17) is 0 Å². The molecular formula is C20H22N4O. The number of nitrogens with zero attached hydrogens (tertiary/aromatic N) is 2. The number of pyridine rings is 1. The molecule has 0 saturated heterocycles. The molecule has 2 heterocycles. The number of carbonyl (C=O) groups excluding carboxylic acids is 1. The van der Waals surface area contributed by atoms with Crippen molar-refractivity contribution < 1.29 is 4.79 Å². The van der Waals surface area contributed by atoms with Crippen LogP contribution >= 0.6 is 0 Å². The fraction of sp³-hybridized carbons (Fsp3) is 0.200. The Morgan fingerprint density at radius 3 is 2.88 bits per heavy atom. The minimum absolute atomic E-state index is 0.125. The summed E-state index contributed by atoms with van der Waals surface area (Å²) in [6.45, 7) is 2.74. The number of aromatic nitrogens is 2. The second-order valence-corrected chi connectivity index (χ2v) is 6.26. The van der Waals surface area contributed by atoms with Crippen LogP contribution in [0, 0.1) is 6.92 Å². The Labute approximate surface area is 147 Å². The summed E-state index contributed by atoms with van der Waals surface area (Å²) in [5.41, 5.74) is 4.94. The first kappa shape index (κ1) is 16.9. The average molecular weight is 334 g/mol. The van der Waals surface area contributed by atoms with E-state index in [1.54, 1.807) is 6.08 Å². The highest BCUT2D eigenvalue weighted by molar-refractivity contribution is 6.01.